The zero-order valence-corrected chi connectivity index (χ0v) is 13.0. The van der Waals surface area contributed by atoms with Crippen LogP contribution in [0.1, 0.15) is 0 Å². The predicted molar refractivity (Wildman–Crippen MR) is 85.4 cm³/mol. The van der Waals surface area contributed by atoms with E-state index in [0.717, 1.165) is 0 Å². The van der Waals surface area contributed by atoms with Gasteiger partial charge in [0.2, 0.25) is 5.89 Å². The Morgan fingerprint density at radius 2 is 1.57 bits per heavy atom. The van der Waals surface area contributed by atoms with Gasteiger partial charge in [0.15, 0.2) is 11.5 Å². The van der Waals surface area contributed by atoms with Crippen molar-refractivity contribution in [1.29, 1.82) is 0 Å². The summed E-state index contributed by atoms with van der Waals surface area (Å²) in [7, 11) is 4.58. The second-order valence-corrected chi connectivity index (χ2v) is 4.73. The SMILES string of the molecule is COc1cc(OC)c(-c2nc3ccccc3c(=O)o2)cc1OC. The first-order valence-electron chi connectivity index (χ1n) is 6.88. The molecular formula is C17H15NO5. The van der Waals surface area contributed by atoms with Crippen LogP contribution in [0.15, 0.2) is 45.6 Å². The fraction of sp³-hybridized carbons (Fsp3) is 0.176. The lowest BCUT2D eigenvalue weighted by Gasteiger charge is -2.13. The maximum Gasteiger partial charge on any atom is 0.347 e. The van der Waals surface area contributed by atoms with E-state index in [1.54, 1.807) is 30.3 Å². The third kappa shape index (κ3) is 2.59. The summed E-state index contributed by atoms with van der Waals surface area (Å²) in [6, 6.07) is 10.3. The van der Waals surface area contributed by atoms with Crippen LogP contribution >= 0.6 is 0 Å². The van der Waals surface area contributed by atoms with Gasteiger partial charge in [-0.25, -0.2) is 9.78 Å². The van der Waals surface area contributed by atoms with E-state index < -0.39 is 5.63 Å². The Kier molecular flexibility index (Phi) is 3.89. The van der Waals surface area contributed by atoms with E-state index in [1.165, 1.54) is 21.3 Å². The van der Waals surface area contributed by atoms with Gasteiger partial charge in [-0.3, -0.25) is 0 Å². The Morgan fingerprint density at radius 1 is 0.913 bits per heavy atom. The average Bonchev–Trinajstić information content (AvgIpc) is 2.60. The second kappa shape index (κ2) is 6.00. The maximum absolute atomic E-state index is 12.1. The van der Waals surface area contributed by atoms with Gasteiger partial charge in [0.05, 0.1) is 37.8 Å². The molecule has 118 valence electrons. The number of methoxy groups -OCH3 is 3. The van der Waals surface area contributed by atoms with Crippen LogP contribution < -0.4 is 19.8 Å². The molecule has 1 heterocycles. The van der Waals surface area contributed by atoms with Gasteiger partial charge in [-0.15, -0.1) is 0 Å². The maximum atomic E-state index is 12.1. The third-order valence-electron chi connectivity index (χ3n) is 3.47. The van der Waals surface area contributed by atoms with Crippen LogP contribution in [0.2, 0.25) is 0 Å². The molecule has 6 heteroatoms. The van der Waals surface area contributed by atoms with Gasteiger partial charge in [0, 0.05) is 12.1 Å². The van der Waals surface area contributed by atoms with E-state index in [2.05, 4.69) is 4.98 Å². The Bertz CT molecular complexity index is 916. The second-order valence-electron chi connectivity index (χ2n) is 4.73. The average molecular weight is 313 g/mol. The van der Waals surface area contributed by atoms with E-state index >= 15 is 0 Å². The third-order valence-corrected chi connectivity index (χ3v) is 3.47. The summed E-state index contributed by atoms with van der Waals surface area (Å²) < 4.78 is 21.2. The predicted octanol–water partition coefficient (Wildman–Crippen LogP) is 2.88. The summed E-state index contributed by atoms with van der Waals surface area (Å²) in [5.74, 6) is 1.62. The highest BCUT2D eigenvalue weighted by Crippen LogP contribution is 2.39. The van der Waals surface area contributed by atoms with Crippen LogP contribution in [0, 0.1) is 0 Å². The van der Waals surface area contributed by atoms with Gasteiger partial charge in [-0.2, -0.15) is 0 Å². The Balaban J connectivity index is 2.27. The number of nitrogens with zero attached hydrogens (tertiary/aromatic N) is 1. The van der Waals surface area contributed by atoms with Crippen molar-refractivity contribution in [3.63, 3.8) is 0 Å². The molecule has 0 atom stereocenters. The fourth-order valence-electron chi connectivity index (χ4n) is 2.33. The normalized spacial score (nSPS) is 10.6. The van der Waals surface area contributed by atoms with Crippen molar-refractivity contribution in [3.8, 4) is 28.7 Å². The highest BCUT2D eigenvalue weighted by molar-refractivity contribution is 5.79. The van der Waals surface area contributed by atoms with E-state index in [4.69, 9.17) is 18.6 Å². The fourth-order valence-corrected chi connectivity index (χ4v) is 2.33. The minimum atomic E-state index is -0.456. The topological polar surface area (TPSA) is 70.8 Å². The van der Waals surface area contributed by atoms with Crippen molar-refractivity contribution in [3.05, 3.63) is 46.8 Å². The largest absolute Gasteiger partial charge is 0.496 e. The van der Waals surface area contributed by atoms with Gasteiger partial charge < -0.3 is 18.6 Å². The molecule has 2 aromatic carbocycles. The molecule has 3 rings (SSSR count). The molecule has 0 amide bonds. The summed E-state index contributed by atoms with van der Waals surface area (Å²) in [5.41, 5.74) is 0.603. The Labute approximate surface area is 132 Å². The first kappa shape index (κ1) is 14.9. The molecule has 0 aliphatic rings. The van der Waals surface area contributed by atoms with Gasteiger partial charge in [0.25, 0.3) is 0 Å². The molecule has 6 nitrogen and oxygen atoms in total. The van der Waals surface area contributed by atoms with Crippen LogP contribution in [0.5, 0.6) is 17.2 Å². The molecule has 3 aromatic rings. The zero-order chi connectivity index (χ0) is 16.4. The molecule has 0 bridgehead atoms. The number of rotatable bonds is 4. The molecule has 0 radical (unpaired) electrons. The standard InChI is InChI=1S/C17H15NO5/c1-20-13-9-15(22-3)14(21-2)8-11(13)16-18-12-7-5-4-6-10(12)17(19)23-16/h4-9H,1-3H3. The van der Waals surface area contributed by atoms with Crippen LogP contribution in [0.25, 0.3) is 22.4 Å². The van der Waals surface area contributed by atoms with Crippen molar-refractivity contribution in [2.24, 2.45) is 0 Å². The summed E-state index contributed by atoms with van der Waals surface area (Å²) in [6.07, 6.45) is 0. The minimum Gasteiger partial charge on any atom is -0.496 e. The van der Waals surface area contributed by atoms with Gasteiger partial charge in [0.1, 0.15) is 5.75 Å². The number of hydrogen-bond acceptors (Lipinski definition) is 6. The lowest BCUT2D eigenvalue weighted by molar-refractivity contribution is 0.349. The molecule has 0 spiro atoms. The van der Waals surface area contributed by atoms with E-state index in [0.29, 0.717) is 33.7 Å². The number of hydrogen-bond donors (Lipinski definition) is 0. The Morgan fingerprint density at radius 3 is 2.26 bits per heavy atom. The highest BCUT2D eigenvalue weighted by atomic mass is 16.5. The number of aromatic nitrogens is 1. The molecule has 0 fully saturated rings. The smallest absolute Gasteiger partial charge is 0.347 e. The van der Waals surface area contributed by atoms with E-state index in [-0.39, 0.29) is 5.89 Å². The lowest BCUT2D eigenvalue weighted by atomic mass is 10.1. The number of para-hydroxylation sites is 1. The quantitative estimate of drug-likeness (QED) is 0.737. The highest BCUT2D eigenvalue weighted by Gasteiger charge is 2.17. The molecule has 1 aromatic heterocycles. The summed E-state index contributed by atoms with van der Waals surface area (Å²) in [4.78, 5) is 16.5. The molecule has 23 heavy (non-hydrogen) atoms. The number of ether oxygens (including phenoxy) is 3. The van der Waals surface area contributed by atoms with Crippen molar-refractivity contribution in [2.75, 3.05) is 21.3 Å². The van der Waals surface area contributed by atoms with Gasteiger partial charge in [-0.1, -0.05) is 12.1 Å². The molecule has 0 aliphatic heterocycles. The molecule has 0 saturated carbocycles. The monoisotopic (exact) mass is 313 g/mol. The van der Waals surface area contributed by atoms with Gasteiger partial charge >= 0.3 is 5.63 Å². The van der Waals surface area contributed by atoms with E-state index in [9.17, 15) is 4.79 Å². The van der Waals surface area contributed by atoms with Crippen LogP contribution in [0.4, 0.5) is 0 Å². The zero-order valence-electron chi connectivity index (χ0n) is 13.0. The molecular weight excluding hydrogens is 298 g/mol. The van der Waals surface area contributed by atoms with Gasteiger partial charge in [-0.05, 0) is 12.1 Å². The summed E-state index contributed by atoms with van der Waals surface area (Å²) in [5, 5.41) is 0.427. The summed E-state index contributed by atoms with van der Waals surface area (Å²) >= 11 is 0. The summed E-state index contributed by atoms with van der Waals surface area (Å²) in [6.45, 7) is 0. The van der Waals surface area contributed by atoms with Crippen molar-refractivity contribution >= 4 is 10.9 Å². The van der Waals surface area contributed by atoms with Crippen LogP contribution in [-0.4, -0.2) is 26.3 Å². The Hall–Kier alpha value is -3.02. The van der Waals surface area contributed by atoms with Crippen molar-refractivity contribution < 1.29 is 18.6 Å². The molecule has 0 aliphatic carbocycles. The number of benzene rings is 2. The minimum absolute atomic E-state index is 0.159. The van der Waals surface area contributed by atoms with Crippen molar-refractivity contribution in [2.45, 2.75) is 0 Å². The molecule has 0 N–H and O–H groups in total. The number of fused-ring (bicyclic) bond motifs is 1. The molecule has 0 unspecified atom stereocenters. The first-order chi connectivity index (χ1) is 11.2. The first-order valence-corrected chi connectivity index (χ1v) is 6.88. The van der Waals surface area contributed by atoms with Crippen LogP contribution in [-0.2, 0) is 0 Å². The van der Waals surface area contributed by atoms with Crippen molar-refractivity contribution in [1.82, 2.24) is 4.98 Å². The lowest BCUT2D eigenvalue weighted by Crippen LogP contribution is -2.03. The van der Waals surface area contributed by atoms with E-state index in [1.807, 2.05) is 6.07 Å². The molecule has 0 saturated heterocycles. The van der Waals surface area contributed by atoms with Crippen LogP contribution in [0.3, 0.4) is 0 Å².